The van der Waals surface area contributed by atoms with Crippen LogP contribution in [-0.2, 0) is 6.54 Å². The van der Waals surface area contributed by atoms with E-state index < -0.39 is 0 Å². The lowest BCUT2D eigenvalue weighted by molar-refractivity contribution is 0.277. The third kappa shape index (κ3) is 4.21. The Hall–Kier alpha value is -1.59. The van der Waals surface area contributed by atoms with Crippen LogP contribution in [0, 0.1) is 0 Å². The van der Waals surface area contributed by atoms with E-state index in [9.17, 15) is 0 Å². The minimum atomic E-state index is 0.151. The summed E-state index contributed by atoms with van der Waals surface area (Å²) in [6, 6.07) is 8.57. The van der Waals surface area contributed by atoms with E-state index in [4.69, 9.17) is 10.9 Å². The van der Waals surface area contributed by atoms with Gasteiger partial charge in [0.05, 0.1) is 0 Å². The summed E-state index contributed by atoms with van der Waals surface area (Å²) >= 11 is 0. The lowest BCUT2D eigenvalue weighted by Gasteiger charge is -2.19. The molecule has 0 spiro atoms. The molecular formula is C15H24N4O. The van der Waals surface area contributed by atoms with Crippen LogP contribution in [0.5, 0.6) is 0 Å². The molecule has 1 aliphatic carbocycles. The van der Waals surface area contributed by atoms with Crippen LogP contribution in [0.3, 0.4) is 0 Å². The summed E-state index contributed by atoms with van der Waals surface area (Å²) in [5, 5.41) is 15.2. The maximum Gasteiger partial charge on any atom is 0.170 e. The molecule has 1 aliphatic rings. The van der Waals surface area contributed by atoms with Crippen molar-refractivity contribution < 1.29 is 5.21 Å². The fourth-order valence-corrected chi connectivity index (χ4v) is 2.39. The van der Waals surface area contributed by atoms with Crippen molar-refractivity contribution in [1.82, 2.24) is 10.2 Å². The number of nitrogens with two attached hydrogens (primary N) is 1. The minimum absolute atomic E-state index is 0.151. The predicted molar refractivity (Wildman–Crippen MR) is 80.9 cm³/mol. The van der Waals surface area contributed by atoms with E-state index in [1.54, 1.807) is 0 Å². The topological polar surface area (TPSA) is 73.9 Å². The number of benzene rings is 1. The summed E-state index contributed by atoms with van der Waals surface area (Å²) in [5.41, 5.74) is 7.48. The van der Waals surface area contributed by atoms with Gasteiger partial charge in [0.1, 0.15) is 0 Å². The summed E-state index contributed by atoms with van der Waals surface area (Å²) in [6.07, 6.45) is 2.71. The molecule has 0 atom stereocenters. The first-order valence-electron chi connectivity index (χ1n) is 7.26. The maximum absolute atomic E-state index is 8.68. The number of nitrogens with one attached hydrogen (secondary N) is 1. The maximum atomic E-state index is 8.68. The molecule has 0 heterocycles. The smallest absolute Gasteiger partial charge is 0.170 e. The first-order valence-corrected chi connectivity index (χ1v) is 7.26. The van der Waals surface area contributed by atoms with Crippen molar-refractivity contribution in [2.45, 2.75) is 32.4 Å². The third-order valence-corrected chi connectivity index (χ3v) is 3.70. The van der Waals surface area contributed by atoms with Gasteiger partial charge < -0.3 is 16.3 Å². The van der Waals surface area contributed by atoms with E-state index in [0.717, 1.165) is 43.3 Å². The van der Waals surface area contributed by atoms with Gasteiger partial charge in [0.25, 0.3) is 0 Å². The second-order valence-corrected chi connectivity index (χ2v) is 5.22. The molecule has 1 aromatic rings. The number of hydrogen-bond donors (Lipinski definition) is 3. The zero-order chi connectivity index (χ0) is 14.4. The Labute approximate surface area is 120 Å². The Balaban J connectivity index is 1.76. The van der Waals surface area contributed by atoms with Gasteiger partial charge in [-0.3, -0.25) is 4.90 Å². The van der Waals surface area contributed by atoms with Crippen LogP contribution in [0.1, 0.15) is 30.9 Å². The predicted octanol–water partition coefficient (Wildman–Crippen LogP) is 1.36. The lowest BCUT2D eigenvalue weighted by atomic mass is 10.1. The van der Waals surface area contributed by atoms with Crippen molar-refractivity contribution >= 4 is 5.84 Å². The first-order chi connectivity index (χ1) is 9.74. The Morgan fingerprint density at radius 2 is 2.30 bits per heavy atom. The number of nitrogens with zero attached hydrogens (tertiary/aromatic N) is 2. The van der Waals surface area contributed by atoms with Crippen LogP contribution in [0.4, 0.5) is 0 Å². The molecule has 1 saturated carbocycles. The van der Waals surface area contributed by atoms with Crippen molar-refractivity contribution in [3.8, 4) is 0 Å². The summed E-state index contributed by atoms with van der Waals surface area (Å²) in [6.45, 7) is 6.23. The molecule has 0 bridgehead atoms. The van der Waals surface area contributed by atoms with Crippen molar-refractivity contribution in [2.24, 2.45) is 10.9 Å². The largest absolute Gasteiger partial charge is 0.409 e. The van der Waals surface area contributed by atoms with Gasteiger partial charge in [-0.25, -0.2) is 0 Å². The highest BCUT2D eigenvalue weighted by atomic mass is 16.4. The summed E-state index contributed by atoms with van der Waals surface area (Å²) < 4.78 is 0. The molecule has 0 aromatic heterocycles. The lowest BCUT2D eigenvalue weighted by Crippen LogP contribution is -2.33. The van der Waals surface area contributed by atoms with E-state index in [0.29, 0.717) is 0 Å². The van der Waals surface area contributed by atoms with Crippen molar-refractivity contribution in [2.75, 3.05) is 19.6 Å². The van der Waals surface area contributed by atoms with E-state index >= 15 is 0 Å². The first kappa shape index (κ1) is 14.8. The molecule has 0 aliphatic heterocycles. The molecular weight excluding hydrogens is 252 g/mol. The van der Waals surface area contributed by atoms with Crippen LogP contribution in [0.2, 0.25) is 0 Å². The Kier molecular flexibility index (Phi) is 5.38. The summed E-state index contributed by atoms with van der Waals surface area (Å²) in [5.74, 6) is 0.151. The van der Waals surface area contributed by atoms with Crippen LogP contribution in [0.15, 0.2) is 29.4 Å². The number of oxime groups is 1. The normalized spacial score (nSPS) is 15.8. The molecule has 110 valence electrons. The van der Waals surface area contributed by atoms with Crippen molar-refractivity contribution in [3.05, 3.63) is 35.4 Å². The SMILES string of the molecule is CCN(CCNCc1cccc(/C(N)=N/O)c1)C1CC1. The fraction of sp³-hybridized carbons (Fsp3) is 0.533. The van der Waals surface area contributed by atoms with E-state index in [-0.39, 0.29) is 5.84 Å². The zero-order valence-corrected chi connectivity index (χ0v) is 12.0. The zero-order valence-electron chi connectivity index (χ0n) is 12.0. The van der Waals surface area contributed by atoms with E-state index in [1.165, 1.54) is 12.8 Å². The number of likely N-dealkylation sites (N-methyl/N-ethyl adjacent to an activating group) is 1. The number of amidine groups is 1. The van der Waals surface area contributed by atoms with Gasteiger partial charge in [0.15, 0.2) is 5.84 Å². The third-order valence-electron chi connectivity index (χ3n) is 3.70. The number of hydrogen-bond acceptors (Lipinski definition) is 4. The van der Waals surface area contributed by atoms with Gasteiger partial charge in [-0.05, 0) is 31.0 Å². The molecule has 5 nitrogen and oxygen atoms in total. The van der Waals surface area contributed by atoms with Crippen LogP contribution in [0.25, 0.3) is 0 Å². The molecule has 1 fully saturated rings. The molecule has 0 saturated heterocycles. The van der Waals surface area contributed by atoms with Gasteiger partial charge in [-0.2, -0.15) is 0 Å². The molecule has 0 radical (unpaired) electrons. The highest BCUT2D eigenvalue weighted by Gasteiger charge is 2.26. The highest BCUT2D eigenvalue weighted by molar-refractivity contribution is 5.97. The van der Waals surface area contributed by atoms with Crippen molar-refractivity contribution in [1.29, 1.82) is 0 Å². The van der Waals surface area contributed by atoms with Gasteiger partial charge >= 0.3 is 0 Å². The Morgan fingerprint density at radius 1 is 1.50 bits per heavy atom. The van der Waals surface area contributed by atoms with Gasteiger partial charge in [-0.15, -0.1) is 0 Å². The van der Waals surface area contributed by atoms with Crippen LogP contribution in [-0.4, -0.2) is 41.6 Å². The highest BCUT2D eigenvalue weighted by Crippen LogP contribution is 2.25. The Bertz CT molecular complexity index is 457. The second kappa shape index (κ2) is 7.26. The summed E-state index contributed by atoms with van der Waals surface area (Å²) in [4.78, 5) is 2.53. The van der Waals surface area contributed by atoms with Crippen LogP contribution >= 0.6 is 0 Å². The van der Waals surface area contributed by atoms with Crippen molar-refractivity contribution in [3.63, 3.8) is 0 Å². The number of rotatable bonds is 8. The Morgan fingerprint density at radius 3 is 2.95 bits per heavy atom. The quantitative estimate of drug-likeness (QED) is 0.220. The molecule has 5 heteroatoms. The summed E-state index contributed by atoms with van der Waals surface area (Å²) in [7, 11) is 0. The van der Waals surface area contributed by atoms with Gasteiger partial charge in [-0.1, -0.05) is 30.3 Å². The monoisotopic (exact) mass is 276 g/mol. The molecule has 1 aromatic carbocycles. The van der Waals surface area contributed by atoms with Gasteiger partial charge in [0, 0.05) is 31.2 Å². The molecule has 0 amide bonds. The van der Waals surface area contributed by atoms with E-state index in [2.05, 4.69) is 22.3 Å². The average Bonchev–Trinajstić information content (AvgIpc) is 3.31. The second-order valence-electron chi connectivity index (χ2n) is 5.22. The molecule has 20 heavy (non-hydrogen) atoms. The molecule has 4 N–H and O–H groups in total. The van der Waals surface area contributed by atoms with E-state index in [1.807, 2.05) is 24.3 Å². The standard InChI is InChI=1S/C15H24N4O/c1-2-19(14-6-7-14)9-8-17-11-12-4-3-5-13(10-12)15(16)18-20/h3-5,10,14,17,20H,2,6-9,11H2,1H3,(H2,16,18). The average molecular weight is 276 g/mol. The minimum Gasteiger partial charge on any atom is -0.409 e. The molecule has 0 unspecified atom stereocenters. The van der Waals surface area contributed by atoms with Crippen LogP contribution < -0.4 is 11.1 Å². The molecule has 2 rings (SSSR count). The van der Waals surface area contributed by atoms with Gasteiger partial charge in [0.2, 0.25) is 0 Å². The fourth-order valence-electron chi connectivity index (χ4n) is 2.39.